The van der Waals surface area contributed by atoms with E-state index in [9.17, 15) is 0 Å². The van der Waals surface area contributed by atoms with E-state index in [0.29, 0.717) is 0 Å². The Morgan fingerprint density at radius 2 is 2.18 bits per heavy atom. The van der Waals surface area contributed by atoms with Gasteiger partial charge in [0.2, 0.25) is 0 Å². The maximum absolute atomic E-state index is 8.65. The van der Waals surface area contributed by atoms with Gasteiger partial charge in [0, 0.05) is 6.54 Å². The zero-order valence-electron chi connectivity index (χ0n) is 7.48. The van der Waals surface area contributed by atoms with Crippen LogP contribution in [0.5, 0.6) is 0 Å². The van der Waals surface area contributed by atoms with Gasteiger partial charge in [0.05, 0.1) is 18.6 Å². The first-order chi connectivity index (χ1) is 5.12. The summed E-state index contributed by atoms with van der Waals surface area (Å²) in [6.45, 7) is 4.70. The second kappa shape index (κ2) is 5.11. The van der Waals surface area contributed by atoms with Crippen molar-refractivity contribution in [3.05, 3.63) is 0 Å². The molecule has 0 fully saturated rings. The number of nitriles is 1. The molecule has 0 aliphatic rings. The third kappa shape index (κ3) is 5.84. The highest BCUT2D eigenvalue weighted by molar-refractivity contribution is 4.91. The van der Waals surface area contributed by atoms with Gasteiger partial charge in [-0.3, -0.25) is 0 Å². The molecule has 0 aliphatic heterocycles. The van der Waals surface area contributed by atoms with Gasteiger partial charge in [-0.05, 0) is 26.7 Å². The van der Waals surface area contributed by atoms with E-state index in [0.717, 1.165) is 19.4 Å². The normalized spacial score (nSPS) is 11.1. The maximum atomic E-state index is 8.65. The summed E-state index contributed by atoms with van der Waals surface area (Å²) < 4.78 is 0. The Balaban J connectivity index is 3.32. The first-order valence-electron chi connectivity index (χ1n) is 3.79. The average molecular weight is 156 g/mol. The molecule has 0 aromatic carbocycles. The van der Waals surface area contributed by atoms with E-state index >= 15 is 0 Å². The fourth-order valence-electron chi connectivity index (χ4n) is 0.760. The summed E-state index contributed by atoms with van der Waals surface area (Å²) >= 11 is 0. The van der Waals surface area contributed by atoms with Crippen molar-refractivity contribution in [2.75, 3.05) is 13.7 Å². The minimum atomic E-state index is -0.199. The van der Waals surface area contributed by atoms with Crippen LogP contribution >= 0.6 is 0 Å². The fourth-order valence-corrected chi connectivity index (χ4v) is 0.760. The summed E-state index contributed by atoms with van der Waals surface area (Å²) in [6.07, 6.45) is 1.87. The fraction of sp³-hybridized carbons (Fsp3) is 0.875. The predicted octanol–water partition coefficient (Wildman–Crippen LogP) is 1.47. The highest BCUT2D eigenvalue weighted by Crippen LogP contribution is 2.19. The summed E-state index contributed by atoms with van der Waals surface area (Å²) in [5.41, 5.74) is 2.54. The Labute approximate surface area is 68.3 Å². The maximum Gasteiger partial charge on any atom is 0.0683 e. The number of rotatable bonds is 5. The molecule has 1 N–H and O–H groups in total. The molecule has 0 aromatic rings. The summed E-state index contributed by atoms with van der Waals surface area (Å²) in [6, 6.07) is 2.25. The van der Waals surface area contributed by atoms with Crippen LogP contribution in [-0.4, -0.2) is 13.7 Å². The van der Waals surface area contributed by atoms with Gasteiger partial charge in [-0.25, -0.2) is 5.48 Å². The molecule has 3 heteroatoms. The van der Waals surface area contributed by atoms with Gasteiger partial charge in [-0.2, -0.15) is 5.26 Å². The molecule has 0 spiro atoms. The molecule has 3 nitrogen and oxygen atoms in total. The Hall–Kier alpha value is -0.590. The molecule has 0 atom stereocenters. The van der Waals surface area contributed by atoms with Crippen molar-refractivity contribution in [1.82, 2.24) is 5.48 Å². The molecular weight excluding hydrogens is 140 g/mol. The van der Waals surface area contributed by atoms with Crippen molar-refractivity contribution >= 4 is 0 Å². The minimum Gasteiger partial charge on any atom is -0.305 e. The van der Waals surface area contributed by atoms with Gasteiger partial charge in [0.25, 0.3) is 0 Å². The molecule has 64 valence electrons. The van der Waals surface area contributed by atoms with Gasteiger partial charge in [-0.1, -0.05) is 0 Å². The van der Waals surface area contributed by atoms with E-state index < -0.39 is 0 Å². The minimum absolute atomic E-state index is 0.199. The molecule has 0 saturated heterocycles. The van der Waals surface area contributed by atoms with Crippen molar-refractivity contribution in [3.63, 3.8) is 0 Å². The Morgan fingerprint density at radius 3 is 2.64 bits per heavy atom. The quantitative estimate of drug-likeness (QED) is 0.484. The Kier molecular flexibility index (Phi) is 4.84. The molecular formula is C8H16N2O. The molecule has 11 heavy (non-hydrogen) atoms. The SMILES string of the molecule is CONCCCC(C)(C)C#N. The highest BCUT2D eigenvalue weighted by Gasteiger charge is 2.14. The lowest BCUT2D eigenvalue weighted by Crippen LogP contribution is -2.16. The van der Waals surface area contributed by atoms with Crippen LogP contribution in [0.25, 0.3) is 0 Å². The van der Waals surface area contributed by atoms with Crippen LogP contribution in [-0.2, 0) is 4.84 Å². The van der Waals surface area contributed by atoms with Crippen LogP contribution in [0.15, 0.2) is 0 Å². The summed E-state index contributed by atoms with van der Waals surface area (Å²) in [5.74, 6) is 0. The van der Waals surface area contributed by atoms with Crippen LogP contribution in [0.1, 0.15) is 26.7 Å². The average Bonchev–Trinajstić information content (AvgIpc) is 1.99. The monoisotopic (exact) mass is 156 g/mol. The van der Waals surface area contributed by atoms with Crippen molar-refractivity contribution in [2.45, 2.75) is 26.7 Å². The molecule has 0 aromatic heterocycles. The van der Waals surface area contributed by atoms with E-state index in [1.165, 1.54) is 0 Å². The zero-order chi connectivity index (χ0) is 8.74. The lowest BCUT2D eigenvalue weighted by Gasteiger charge is -2.13. The van der Waals surface area contributed by atoms with Gasteiger partial charge in [-0.15, -0.1) is 0 Å². The number of hydrogen-bond acceptors (Lipinski definition) is 3. The summed E-state index contributed by atoms with van der Waals surface area (Å²) in [5, 5.41) is 8.65. The molecule has 0 bridgehead atoms. The predicted molar refractivity (Wildman–Crippen MR) is 43.6 cm³/mol. The molecule has 0 aliphatic carbocycles. The third-order valence-electron chi connectivity index (χ3n) is 1.53. The largest absolute Gasteiger partial charge is 0.305 e. The van der Waals surface area contributed by atoms with Crippen molar-refractivity contribution in [3.8, 4) is 6.07 Å². The molecule has 0 saturated carbocycles. The van der Waals surface area contributed by atoms with E-state index in [2.05, 4.69) is 16.4 Å². The number of nitrogens with one attached hydrogen (secondary N) is 1. The second-order valence-electron chi connectivity index (χ2n) is 3.20. The Morgan fingerprint density at radius 1 is 1.55 bits per heavy atom. The molecule has 0 heterocycles. The molecule has 0 unspecified atom stereocenters. The molecule has 0 amide bonds. The van der Waals surface area contributed by atoms with Crippen LogP contribution in [0, 0.1) is 16.7 Å². The highest BCUT2D eigenvalue weighted by atomic mass is 16.6. The number of hydrogen-bond donors (Lipinski definition) is 1. The van der Waals surface area contributed by atoms with E-state index in [1.54, 1.807) is 7.11 Å². The van der Waals surface area contributed by atoms with Gasteiger partial charge < -0.3 is 4.84 Å². The van der Waals surface area contributed by atoms with Gasteiger partial charge in [0.1, 0.15) is 0 Å². The third-order valence-corrected chi connectivity index (χ3v) is 1.53. The van der Waals surface area contributed by atoms with Crippen molar-refractivity contribution < 1.29 is 4.84 Å². The van der Waals surface area contributed by atoms with Crippen molar-refractivity contribution in [1.29, 1.82) is 5.26 Å². The van der Waals surface area contributed by atoms with Crippen LogP contribution in [0.2, 0.25) is 0 Å². The number of hydroxylamine groups is 1. The first-order valence-corrected chi connectivity index (χ1v) is 3.79. The van der Waals surface area contributed by atoms with Crippen LogP contribution in [0.4, 0.5) is 0 Å². The lowest BCUT2D eigenvalue weighted by molar-refractivity contribution is 0.0890. The second-order valence-corrected chi connectivity index (χ2v) is 3.20. The van der Waals surface area contributed by atoms with Crippen LogP contribution in [0.3, 0.4) is 0 Å². The van der Waals surface area contributed by atoms with Crippen LogP contribution < -0.4 is 5.48 Å². The Bertz CT molecular complexity index is 138. The topological polar surface area (TPSA) is 45.0 Å². The number of nitrogens with zero attached hydrogens (tertiary/aromatic N) is 1. The first kappa shape index (κ1) is 10.4. The smallest absolute Gasteiger partial charge is 0.0683 e. The molecule has 0 radical (unpaired) electrons. The van der Waals surface area contributed by atoms with E-state index in [4.69, 9.17) is 5.26 Å². The van der Waals surface area contributed by atoms with E-state index in [1.807, 2.05) is 13.8 Å². The summed E-state index contributed by atoms with van der Waals surface area (Å²) in [4.78, 5) is 4.66. The zero-order valence-corrected chi connectivity index (χ0v) is 7.48. The van der Waals surface area contributed by atoms with Gasteiger partial charge >= 0.3 is 0 Å². The van der Waals surface area contributed by atoms with Crippen molar-refractivity contribution in [2.24, 2.45) is 5.41 Å². The molecule has 0 rings (SSSR count). The summed E-state index contributed by atoms with van der Waals surface area (Å²) in [7, 11) is 1.59. The standard InChI is InChI=1S/C8H16N2O/c1-8(2,7-9)5-4-6-10-11-3/h10H,4-6H2,1-3H3. The lowest BCUT2D eigenvalue weighted by atomic mass is 9.90. The van der Waals surface area contributed by atoms with E-state index in [-0.39, 0.29) is 5.41 Å². The van der Waals surface area contributed by atoms with Gasteiger partial charge in [0.15, 0.2) is 0 Å².